The van der Waals surface area contributed by atoms with Crippen LogP contribution in [0.1, 0.15) is 42.5 Å². The van der Waals surface area contributed by atoms with E-state index in [0.29, 0.717) is 0 Å². The van der Waals surface area contributed by atoms with Crippen LogP contribution in [0.15, 0.2) is 18.3 Å². The van der Waals surface area contributed by atoms with Gasteiger partial charge in [-0.15, -0.1) is 0 Å². The zero-order valence-electron chi connectivity index (χ0n) is 11.3. The second-order valence-electron chi connectivity index (χ2n) is 4.54. The number of pyridine rings is 1. The Balaban J connectivity index is 2.43. The number of aryl methyl sites for hydroxylation is 1. The largest absolute Gasteiger partial charge is 0.389 e. The van der Waals surface area contributed by atoms with Gasteiger partial charge in [-0.2, -0.15) is 5.10 Å². The van der Waals surface area contributed by atoms with E-state index in [1.54, 1.807) is 13.1 Å². The predicted octanol–water partition coefficient (Wildman–Crippen LogP) is 2.50. The molecule has 2 heterocycles. The van der Waals surface area contributed by atoms with Gasteiger partial charge in [0, 0.05) is 11.9 Å². The topological polar surface area (TPSA) is 50.9 Å². The van der Waals surface area contributed by atoms with Gasteiger partial charge in [0.25, 0.3) is 0 Å². The van der Waals surface area contributed by atoms with E-state index in [1.807, 2.05) is 23.7 Å². The Hall–Kier alpha value is -1.68. The van der Waals surface area contributed by atoms with Gasteiger partial charge in [0.2, 0.25) is 0 Å². The van der Waals surface area contributed by atoms with E-state index in [1.165, 1.54) is 5.56 Å². The molecule has 0 saturated carbocycles. The zero-order chi connectivity index (χ0) is 13.3. The van der Waals surface area contributed by atoms with Gasteiger partial charge in [0.1, 0.15) is 0 Å². The molecule has 2 aromatic rings. The maximum absolute atomic E-state index is 9.46. The number of hydrogen-bond acceptors (Lipinski definition) is 3. The smallest absolute Gasteiger partial charge is 0.153 e. The van der Waals surface area contributed by atoms with Gasteiger partial charge in [-0.05, 0) is 44.4 Å². The van der Waals surface area contributed by atoms with Crippen LogP contribution in [0.5, 0.6) is 0 Å². The fourth-order valence-corrected chi connectivity index (χ4v) is 2.18. The summed E-state index contributed by atoms with van der Waals surface area (Å²) in [6.45, 7) is 7.94. The Morgan fingerprint density at radius 3 is 2.50 bits per heavy atom. The molecule has 0 bridgehead atoms. The number of hydrogen-bond donors (Lipinski definition) is 1. The fourth-order valence-electron chi connectivity index (χ4n) is 2.18. The lowest BCUT2D eigenvalue weighted by Crippen LogP contribution is -2.03. The van der Waals surface area contributed by atoms with Gasteiger partial charge in [-0.25, -0.2) is 9.67 Å². The summed E-state index contributed by atoms with van der Waals surface area (Å²) in [4.78, 5) is 4.36. The Morgan fingerprint density at radius 2 is 2.06 bits per heavy atom. The summed E-state index contributed by atoms with van der Waals surface area (Å²) in [7, 11) is 0. The van der Waals surface area contributed by atoms with Crippen LogP contribution in [0.2, 0.25) is 0 Å². The summed E-state index contributed by atoms with van der Waals surface area (Å²) >= 11 is 0. The first kappa shape index (κ1) is 12.8. The van der Waals surface area contributed by atoms with Crippen molar-refractivity contribution in [3.8, 4) is 5.82 Å². The molecule has 96 valence electrons. The third-order valence-electron chi connectivity index (χ3n) is 3.26. The molecule has 0 aliphatic heterocycles. The van der Waals surface area contributed by atoms with Gasteiger partial charge >= 0.3 is 0 Å². The SMILES string of the molecule is CCc1c(C)nn(-c2ccc([C@H](C)O)cn2)c1C. The van der Waals surface area contributed by atoms with Crippen LogP contribution in [0.3, 0.4) is 0 Å². The monoisotopic (exact) mass is 245 g/mol. The average molecular weight is 245 g/mol. The first-order chi connectivity index (χ1) is 8.54. The summed E-state index contributed by atoms with van der Waals surface area (Å²) in [5.41, 5.74) is 4.27. The minimum Gasteiger partial charge on any atom is -0.389 e. The predicted molar refractivity (Wildman–Crippen MR) is 70.8 cm³/mol. The molecule has 0 radical (unpaired) electrons. The number of aromatic nitrogens is 3. The molecule has 0 aliphatic rings. The van der Waals surface area contributed by atoms with E-state index in [2.05, 4.69) is 23.9 Å². The van der Waals surface area contributed by atoms with Crippen molar-refractivity contribution < 1.29 is 5.11 Å². The van der Waals surface area contributed by atoms with Crippen LogP contribution >= 0.6 is 0 Å². The highest BCUT2D eigenvalue weighted by Crippen LogP contribution is 2.18. The van der Waals surface area contributed by atoms with Crippen LogP contribution < -0.4 is 0 Å². The standard InChI is InChI=1S/C14H19N3O/c1-5-13-9(2)16-17(10(13)3)14-7-6-12(8-15-14)11(4)18/h6-8,11,18H,5H2,1-4H3/t11-/m0/s1. The third kappa shape index (κ3) is 2.16. The summed E-state index contributed by atoms with van der Waals surface area (Å²) in [5.74, 6) is 0.791. The van der Waals surface area contributed by atoms with E-state index in [9.17, 15) is 5.11 Å². The van der Waals surface area contributed by atoms with E-state index >= 15 is 0 Å². The lowest BCUT2D eigenvalue weighted by molar-refractivity contribution is 0.199. The fraction of sp³-hybridized carbons (Fsp3) is 0.429. The average Bonchev–Trinajstić information content (AvgIpc) is 2.64. The molecule has 0 amide bonds. The molecule has 1 N–H and O–H groups in total. The van der Waals surface area contributed by atoms with Crippen LogP contribution in [0.25, 0.3) is 5.82 Å². The molecule has 0 spiro atoms. The molecule has 2 rings (SSSR count). The van der Waals surface area contributed by atoms with Crippen molar-refractivity contribution >= 4 is 0 Å². The molecule has 0 saturated heterocycles. The maximum Gasteiger partial charge on any atom is 0.153 e. The Kier molecular flexibility index (Phi) is 3.48. The molecule has 4 nitrogen and oxygen atoms in total. The second kappa shape index (κ2) is 4.90. The van der Waals surface area contributed by atoms with Crippen LogP contribution in [0, 0.1) is 13.8 Å². The van der Waals surface area contributed by atoms with E-state index < -0.39 is 6.10 Å². The summed E-state index contributed by atoms with van der Waals surface area (Å²) in [5, 5.41) is 14.0. The van der Waals surface area contributed by atoms with Gasteiger partial charge in [-0.3, -0.25) is 0 Å². The maximum atomic E-state index is 9.46. The van der Waals surface area contributed by atoms with Crippen molar-refractivity contribution in [2.24, 2.45) is 0 Å². The molecule has 0 fully saturated rings. The Labute approximate surface area is 107 Å². The highest BCUT2D eigenvalue weighted by atomic mass is 16.3. The van der Waals surface area contributed by atoms with Gasteiger partial charge < -0.3 is 5.11 Å². The molecule has 0 unspecified atom stereocenters. The number of aliphatic hydroxyl groups excluding tert-OH is 1. The van der Waals surface area contributed by atoms with Crippen molar-refractivity contribution in [1.29, 1.82) is 0 Å². The number of rotatable bonds is 3. The summed E-state index contributed by atoms with van der Waals surface area (Å²) in [6, 6.07) is 3.77. The highest BCUT2D eigenvalue weighted by molar-refractivity contribution is 5.33. The van der Waals surface area contributed by atoms with Crippen LogP contribution in [-0.4, -0.2) is 19.9 Å². The number of nitrogens with zero attached hydrogens (tertiary/aromatic N) is 3. The number of aliphatic hydroxyl groups is 1. The van der Waals surface area contributed by atoms with E-state index in [0.717, 1.165) is 29.2 Å². The summed E-state index contributed by atoms with van der Waals surface area (Å²) in [6.07, 6.45) is 2.18. The first-order valence-corrected chi connectivity index (χ1v) is 6.24. The lowest BCUT2D eigenvalue weighted by atomic mass is 10.1. The molecule has 1 atom stereocenters. The third-order valence-corrected chi connectivity index (χ3v) is 3.26. The van der Waals surface area contributed by atoms with Crippen molar-refractivity contribution in [2.75, 3.05) is 0 Å². The molecule has 2 aromatic heterocycles. The second-order valence-corrected chi connectivity index (χ2v) is 4.54. The minimum atomic E-state index is -0.488. The molecule has 4 heteroatoms. The van der Waals surface area contributed by atoms with Gasteiger partial charge in [-0.1, -0.05) is 13.0 Å². The normalized spacial score (nSPS) is 12.7. The minimum absolute atomic E-state index is 0.488. The van der Waals surface area contributed by atoms with Crippen molar-refractivity contribution in [2.45, 2.75) is 40.2 Å². The zero-order valence-corrected chi connectivity index (χ0v) is 11.3. The highest BCUT2D eigenvalue weighted by Gasteiger charge is 2.12. The van der Waals surface area contributed by atoms with Crippen molar-refractivity contribution in [3.63, 3.8) is 0 Å². The molecule has 18 heavy (non-hydrogen) atoms. The van der Waals surface area contributed by atoms with Crippen LogP contribution in [0.4, 0.5) is 0 Å². The Bertz CT molecular complexity index is 541. The molecule has 0 aromatic carbocycles. The van der Waals surface area contributed by atoms with E-state index in [-0.39, 0.29) is 0 Å². The summed E-state index contributed by atoms with van der Waals surface area (Å²) < 4.78 is 1.86. The van der Waals surface area contributed by atoms with E-state index in [4.69, 9.17) is 0 Å². The van der Waals surface area contributed by atoms with Gasteiger partial charge in [0.15, 0.2) is 5.82 Å². The molecular formula is C14H19N3O. The van der Waals surface area contributed by atoms with Crippen molar-refractivity contribution in [1.82, 2.24) is 14.8 Å². The molecular weight excluding hydrogens is 226 g/mol. The lowest BCUT2D eigenvalue weighted by Gasteiger charge is -2.07. The van der Waals surface area contributed by atoms with Crippen LogP contribution in [-0.2, 0) is 6.42 Å². The first-order valence-electron chi connectivity index (χ1n) is 6.24. The molecule has 0 aliphatic carbocycles. The van der Waals surface area contributed by atoms with Gasteiger partial charge in [0.05, 0.1) is 11.8 Å². The van der Waals surface area contributed by atoms with Crippen molar-refractivity contribution in [3.05, 3.63) is 40.8 Å². The quantitative estimate of drug-likeness (QED) is 0.904. The Morgan fingerprint density at radius 1 is 1.33 bits per heavy atom.